The van der Waals surface area contributed by atoms with Gasteiger partial charge in [0, 0.05) is 11.9 Å². The van der Waals surface area contributed by atoms with Crippen LogP contribution in [0.2, 0.25) is 0 Å². The number of carbonyl (C=O) groups is 1. The van der Waals surface area contributed by atoms with Gasteiger partial charge in [0.15, 0.2) is 11.5 Å². The molecule has 0 spiro atoms. The minimum atomic E-state index is -0.622. The second-order valence-corrected chi connectivity index (χ2v) is 5.66. The third-order valence-corrected chi connectivity index (χ3v) is 3.46. The fourth-order valence-electron chi connectivity index (χ4n) is 2.17. The van der Waals surface area contributed by atoms with Crippen molar-refractivity contribution in [2.45, 2.75) is 32.4 Å². The zero-order valence-electron chi connectivity index (χ0n) is 11.8. The van der Waals surface area contributed by atoms with Crippen LogP contribution in [0.25, 0.3) is 0 Å². The summed E-state index contributed by atoms with van der Waals surface area (Å²) in [6.07, 6.45) is 0.224. The van der Waals surface area contributed by atoms with E-state index in [1.807, 2.05) is 18.2 Å². The number of benzene rings is 1. The van der Waals surface area contributed by atoms with Gasteiger partial charge in [-0.2, -0.15) is 0 Å². The monoisotopic (exact) mass is 297 g/mol. The molecule has 4 nitrogen and oxygen atoms in total. The maximum absolute atomic E-state index is 12.2. The standard InChI is InChI=1S/C15H20ClNO3/c1-10(2)7-11(8-16)17-15(18)14-9-19-12-5-3-4-6-13(12)20-14/h3-6,10-11,14H,7-9H2,1-2H3,(H,17,18). The summed E-state index contributed by atoms with van der Waals surface area (Å²) >= 11 is 5.89. The quantitative estimate of drug-likeness (QED) is 0.850. The van der Waals surface area contributed by atoms with Crippen LogP contribution in [0.4, 0.5) is 0 Å². The Morgan fingerprint density at radius 1 is 1.40 bits per heavy atom. The number of nitrogens with one attached hydrogen (secondary N) is 1. The Morgan fingerprint density at radius 2 is 2.10 bits per heavy atom. The summed E-state index contributed by atoms with van der Waals surface area (Å²) in [4.78, 5) is 12.2. The number of alkyl halides is 1. The lowest BCUT2D eigenvalue weighted by atomic mass is 10.0. The maximum Gasteiger partial charge on any atom is 0.264 e. The van der Waals surface area contributed by atoms with Gasteiger partial charge in [0.05, 0.1) is 0 Å². The van der Waals surface area contributed by atoms with Gasteiger partial charge < -0.3 is 14.8 Å². The van der Waals surface area contributed by atoms with Gasteiger partial charge in [0.1, 0.15) is 6.61 Å². The molecule has 20 heavy (non-hydrogen) atoms. The van der Waals surface area contributed by atoms with Gasteiger partial charge in [-0.25, -0.2) is 0 Å². The van der Waals surface area contributed by atoms with Gasteiger partial charge in [-0.1, -0.05) is 26.0 Å². The zero-order chi connectivity index (χ0) is 14.5. The summed E-state index contributed by atoms with van der Waals surface area (Å²) in [5.41, 5.74) is 0. The summed E-state index contributed by atoms with van der Waals surface area (Å²) in [7, 11) is 0. The lowest BCUT2D eigenvalue weighted by Gasteiger charge is -2.27. The summed E-state index contributed by atoms with van der Waals surface area (Å²) < 4.78 is 11.2. The molecule has 5 heteroatoms. The summed E-state index contributed by atoms with van der Waals surface area (Å²) in [6.45, 7) is 4.42. The van der Waals surface area contributed by atoms with Crippen LogP contribution in [0.3, 0.4) is 0 Å². The molecule has 1 N–H and O–H groups in total. The van der Waals surface area contributed by atoms with Gasteiger partial charge in [0.25, 0.3) is 5.91 Å². The lowest BCUT2D eigenvalue weighted by molar-refractivity contribution is -0.131. The average Bonchev–Trinajstić information content (AvgIpc) is 2.45. The Labute approximate surface area is 124 Å². The largest absolute Gasteiger partial charge is 0.485 e. The summed E-state index contributed by atoms with van der Waals surface area (Å²) in [5.74, 6) is 1.97. The Hall–Kier alpha value is -1.42. The highest BCUT2D eigenvalue weighted by atomic mass is 35.5. The molecule has 0 saturated heterocycles. The van der Waals surface area contributed by atoms with Gasteiger partial charge in [-0.05, 0) is 24.5 Å². The van der Waals surface area contributed by atoms with Crippen molar-refractivity contribution >= 4 is 17.5 Å². The first-order valence-corrected chi connectivity index (χ1v) is 7.38. The molecule has 1 aliphatic rings. The van der Waals surface area contributed by atoms with Crippen LogP contribution in [0, 0.1) is 5.92 Å². The average molecular weight is 298 g/mol. The fraction of sp³-hybridized carbons (Fsp3) is 0.533. The van der Waals surface area contributed by atoms with E-state index in [9.17, 15) is 4.79 Å². The molecular formula is C15H20ClNO3. The van der Waals surface area contributed by atoms with Crippen molar-refractivity contribution < 1.29 is 14.3 Å². The number of para-hydroxylation sites is 2. The molecule has 1 heterocycles. The van der Waals surface area contributed by atoms with Gasteiger partial charge >= 0.3 is 0 Å². The SMILES string of the molecule is CC(C)CC(CCl)NC(=O)C1COc2ccccc2O1. The van der Waals surface area contributed by atoms with Crippen LogP contribution in [-0.2, 0) is 4.79 Å². The van der Waals surface area contributed by atoms with Crippen molar-refractivity contribution in [3.8, 4) is 11.5 Å². The summed E-state index contributed by atoms with van der Waals surface area (Å²) in [6, 6.07) is 7.30. The fourth-order valence-corrected chi connectivity index (χ4v) is 2.38. The Morgan fingerprint density at radius 3 is 2.75 bits per heavy atom. The number of amides is 1. The molecule has 0 fully saturated rings. The molecule has 0 radical (unpaired) electrons. The molecule has 1 aromatic rings. The molecule has 2 atom stereocenters. The molecule has 0 bridgehead atoms. The maximum atomic E-state index is 12.2. The molecule has 2 rings (SSSR count). The van der Waals surface area contributed by atoms with Crippen LogP contribution in [0.5, 0.6) is 11.5 Å². The molecule has 0 saturated carbocycles. The first-order chi connectivity index (χ1) is 9.60. The predicted octanol–water partition coefficient (Wildman–Crippen LogP) is 2.60. The molecule has 2 unspecified atom stereocenters. The Bertz CT molecular complexity index is 464. The van der Waals surface area contributed by atoms with Crippen LogP contribution < -0.4 is 14.8 Å². The molecule has 110 valence electrons. The van der Waals surface area contributed by atoms with Gasteiger partial charge in [-0.15, -0.1) is 11.6 Å². The lowest BCUT2D eigenvalue weighted by Crippen LogP contribution is -2.48. The number of ether oxygens (including phenoxy) is 2. The van der Waals surface area contributed by atoms with Gasteiger partial charge in [0.2, 0.25) is 6.10 Å². The second kappa shape index (κ2) is 6.84. The van der Waals surface area contributed by atoms with E-state index in [1.54, 1.807) is 6.07 Å². The van der Waals surface area contributed by atoms with Crippen molar-refractivity contribution in [2.75, 3.05) is 12.5 Å². The molecule has 1 amide bonds. The molecular weight excluding hydrogens is 278 g/mol. The molecule has 1 aromatic carbocycles. The van der Waals surface area contributed by atoms with E-state index >= 15 is 0 Å². The number of carbonyl (C=O) groups excluding carboxylic acids is 1. The first kappa shape index (κ1) is 15.0. The van der Waals surface area contributed by atoms with E-state index in [0.29, 0.717) is 23.3 Å². The number of halogens is 1. The topological polar surface area (TPSA) is 47.6 Å². The van der Waals surface area contributed by atoms with Crippen LogP contribution >= 0.6 is 11.6 Å². The highest BCUT2D eigenvalue weighted by Crippen LogP contribution is 2.30. The third kappa shape index (κ3) is 3.79. The van der Waals surface area contributed by atoms with Crippen molar-refractivity contribution in [1.82, 2.24) is 5.32 Å². The highest BCUT2D eigenvalue weighted by Gasteiger charge is 2.28. The molecule has 0 aliphatic carbocycles. The van der Waals surface area contributed by atoms with Crippen LogP contribution in [0.15, 0.2) is 24.3 Å². The first-order valence-electron chi connectivity index (χ1n) is 6.85. The predicted molar refractivity (Wildman–Crippen MR) is 78.5 cm³/mol. The number of hydrogen-bond donors (Lipinski definition) is 1. The van der Waals surface area contributed by atoms with E-state index in [1.165, 1.54) is 0 Å². The van der Waals surface area contributed by atoms with Crippen molar-refractivity contribution in [1.29, 1.82) is 0 Å². The highest BCUT2D eigenvalue weighted by molar-refractivity contribution is 6.18. The smallest absolute Gasteiger partial charge is 0.264 e. The normalized spacial score (nSPS) is 18.7. The second-order valence-electron chi connectivity index (χ2n) is 5.35. The van der Waals surface area contributed by atoms with E-state index in [2.05, 4.69) is 19.2 Å². The molecule has 0 aromatic heterocycles. The Balaban J connectivity index is 1.94. The minimum Gasteiger partial charge on any atom is -0.485 e. The van der Waals surface area contributed by atoms with Gasteiger partial charge in [-0.3, -0.25) is 4.79 Å². The third-order valence-electron chi connectivity index (χ3n) is 3.09. The number of rotatable bonds is 5. The van der Waals surface area contributed by atoms with E-state index in [0.717, 1.165) is 6.42 Å². The zero-order valence-corrected chi connectivity index (χ0v) is 12.5. The summed E-state index contributed by atoms with van der Waals surface area (Å²) in [5, 5.41) is 2.92. The minimum absolute atomic E-state index is 0.0371. The van der Waals surface area contributed by atoms with Crippen molar-refractivity contribution in [3.63, 3.8) is 0 Å². The Kier molecular flexibility index (Phi) is 5.12. The molecule has 1 aliphatic heterocycles. The van der Waals surface area contributed by atoms with E-state index < -0.39 is 6.10 Å². The number of hydrogen-bond acceptors (Lipinski definition) is 3. The van der Waals surface area contributed by atoms with Crippen molar-refractivity contribution in [3.05, 3.63) is 24.3 Å². The van der Waals surface area contributed by atoms with Crippen LogP contribution in [-0.4, -0.2) is 30.5 Å². The van der Waals surface area contributed by atoms with Crippen molar-refractivity contribution in [2.24, 2.45) is 5.92 Å². The van der Waals surface area contributed by atoms with E-state index in [-0.39, 0.29) is 18.6 Å². The van der Waals surface area contributed by atoms with Crippen LogP contribution in [0.1, 0.15) is 20.3 Å². The number of fused-ring (bicyclic) bond motifs is 1. The van der Waals surface area contributed by atoms with E-state index in [4.69, 9.17) is 21.1 Å².